The van der Waals surface area contributed by atoms with Crippen molar-refractivity contribution in [2.45, 2.75) is 26.2 Å². The number of benzene rings is 1. The van der Waals surface area contributed by atoms with Crippen molar-refractivity contribution in [3.05, 3.63) is 29.6 Å². The minimum absolute atomic E-state index is 0.150. The van der Waals surface area contributed by atoms with Gasteiger partial charge in [-0.25, -0.2) is 4.39 Å². The number of rotatable bonds is 2. The average molecular weight is 232 g/mol. The molecule has 1 aliphatic carbocycles. The lowest BCUT2D eigenvalue weighted by molar-refractivity contribution is -0.126. The maximum absolute atomic E-state index is 13.7. The number of nitrogens with one attached hydrogen (secondary N) is 1. The summed E-state index contributed by atoms with van der Waals surface area (Å²) in [6, 6.07) is 6.85. The van der Waals surface area contributed by atoms with Gasteiger partial charge in [-0.1, -0.05) is 12.1 Å². The minimum Gasteiger partial charge on any atom is -0.322 e. The van der Waals surface area contributed by atoms with Crippen LogP contribution in [-0.2, 0) is 4.79 Å². The van der Waals surface area contributed by atoms with Crippen LogP contribution in [0, 0.1) is 29.5 Å². The fraction of sp³-hybridized carbons (Fsp3) is 0.385. The van der Waals surface area contributed by atoms with Crippen molar-refractivity contribution in [1.29, 1.82) is 5.26 Å². The predicted octanol–water partition coefficient (Wildman–Crippen LogP) is 2.77. The van der Waals surface area contributed by atoms with E-state index in [4.69, 9.17) is 5.26 Å². The predicted molar refractivity (Wildman–Crippen MR) is 61.7 cm³/mol. The first-order valence-corrected chi connectivity index (χ1v) is 5.57. The number of nitriles is 1. The van der Waals surface area contributed by atoms with E-state index in [2.05, 4.69) is 5.32 Å². The van der Waals surface area contributed by atoms with Gasteiger partial charge in [-0.3, -0.25) is 4.79 Å². The molecule has 0 aromatic heterocycles. The van der Waals surface area contributed by atoms with Crippen LogP contribution in [0.4, 0.5) is 10.1 Å². The zero-order chi connectivity index (χ0) is 12.5. The van der Waals surface area contributed by atoms with Gasteiger partial charge in [0.2, 0.25) is 5.91 Å². The highest BCUT2D eigenvalue weighted by molar-refractivity contribution is 5.98. The summed E-state index contributed by atoms with van der Waals surface area (Å²) in [6.07, 6.45) is 1.99. The Morgan fingerprint density at radius 2 is 2.24 bits per heavy atom. The molecule has 1 fully saturated rings. The van der Waals surface area contributed by atoms with Gasteiger partial charge in [0.25, 0.3) is 0 Å². The Labute approximate surface area is 99.2 Å². The number of amides is 1. The van der Waals surface area contributed by atoms with Crippen molar-refractivity contribution in [2.75, 3.05) is 5.32 Å². The smallest absolute Gasteiger partial charge is 0.244 e. The zero-order valence-corrected chi connectivity index (χ0v) is 9.59. The Morgan fingerprint density at radius 1 is 1.53 bits per heavy atom. The van der Waals surface area contributed by atoms with E-state index < -0.39 is 17.1 Å². The zero-order valence-electron chi connectivity index (χ0n) is 9.59. The molecule has 17 heavy (non-hydrogen) atoms. The number of hydrogen-bond donors (Lipinski definition) is 1. The maximum Gasteiger partial charge on any atom is 0.244 e. The summed E-state index contributed by atoms with van der Waals surface area (Å²) in [7, 11) is 0. The van der Waals surface area contributed by atoms with Gasteiger partial charge in [-0.15, -0.1) is 0 Å². The van der Waals surface area contributed by atoms with Gasteiger partial charge in [0.05, 0.1) is 11.8 Å². The maximum atomic E-state index is 13.7. The Morgan fingerprint density at radius 3 is 2.76 bits per heavy atom. The van der Waals surface area contributed by atoms with Crippen LogP contribution in [0.2, 0.25) is 0 Å². The van der Waals surface area contributed by atoms with Crippen molar-refractivity contribution in [2.24, 2.45) is 5.41 Å². The first-order valence-electron chi connectivity index (χ1n) is 5.57. The van der Waals surface area contributed by atoms with Crippen molar-refractivity contribution in [3.63, 3.8) is 0 Å². The largest absolute Gasteiger partial charge is 0.322 e. The second-order valence-electron chi connectivity index (χ2n) is 4.44. The summed E-state index contributed by atoms with van der Waals surface area (Å²) < 4.78 is 13.7. The Hall–Kier alpha value is -1.89. The Bertz CT molecular complexity index is 501. The molecule has 1 aromatic carbocycles. The Balaban J connectivity index is 2.19. The molecule has 0 saturated heterocycles. The van der Waals surface area contributed by atoms with E-state index >= 15 is 0 Å². The second-order valence-corrected chi connectivity index (χ2v) is 4.44. The van der Waals surface area contributed by atoms with Gasteiger partial charge in [-0.2, -0.15) is 5.26 Å². The van der Waals surface area contributed by atoms with E-state index in [0.717, 1.165) is 6.42 Å². The van der Waals surface area contributed by atoms with Crippen LogP contribution in [-0.4, -0.2) is 5.91 Å². The molecule has 0 radical (unpaired) electrons. The number of halogens is 1. The highest BCUT2D eigenvalue weighted by Gasteiger charge is 2.44. The molecule has 2 rings (SSSR count). The number of hydrogen-bond acceptors (Lipinski definition) is 2. The third-order valence-electron chi connectivity index (χ3n) is 3.30. The number of carbonyl (C=O) groups excluding carboxylic acids is 1. The van der Waals surface area contributed by atoms with Gasteiger partial charge < -0.3 is 5.32 Å². The second kappa shape index (κ2) is 4.17. The lowest BCUT2D eigenvalue weighted by atomic mass is 9.69. The van der Waals surface area contributed by atoms with Gasteiger partial charge in [-0.05, 0) is 37.8 Å². The highest BCUT2D eigenvalue weighted by Crippen LogP contribution is 2.41. The summed E-state index contributed by atoms with van der Waals surface area (Å²) in [5.74, 6) is -0.830. The van der Waals surface area contributed by atoms with E-state index in [-0.39, 0.29) is 5.69 Å². The average Bonchev–Trinajstić information content (AvgIpc) is 2.24. The van der Waals surface area contributed by atoms with Crippen LogP contribution in [0.15, 0.2) is 18.2 Å². The van der Waals surface area contributed by atoms with Gasteiger partial charge in [0.1, 0.15) is 11.2 Å². The third kappa shape index (κ3) is 1.89. The number of aryl methyl sites for hydroxylation is 1. The molecule has 88 valence electrons. The first-order chi connectivity index (χ1) is 8.09. The SMILES string of the molecule is Cc1cccc(NC(=O)C2(C#N)CCC2)c1F. The third-order valence-corrected chi connectivity index (χ3v) is 3.30. The van der Waals surface area contributed by atoms with Crippen LogP contribution in [0.25, 0.3) is 0 Å². The van der Waals surface area contributed by atoms with Crippen molar-refractivity contribution in [3.8, 4) is 6.07 Å². The van der Waals surface area contributed by atoms with Crippen molar-refractivity contribution in [1.82, 2.24) is 0 Å². The molecule has 0 atom stereocenters. The number of nitrogens with zero attached hydrogens (tertiary/aromatic N) is 1. The Kier molecular flexibility index (Phi) is 2.84. The van der Waals surface area contributed by atoms with E-state index in [1.54, 1.807) is 19.1 Å². The lowest BCUT2D eigenvalue weighted by Gasteiger charge is -2.33. The van der Waals surface area contributed by atoms with Crippen LogP contribution in [0.5, 0.6) is 0 Å². The summed E-state index contributed by atoms with van der Waals surface area (Å²) in [4.78, 5) is 11.9. The molecule has 1 amide bonds. The quantitative estimate of drug-likeness (QED) is 0.852. The first kappa shape index (κ1) is 11.6. The summed E-state index contributed by atoms with van der Waals surface area (Å²) in [5.41, 5.74) is -0.324. The molecule has 3 nitrogen and oxygen atoms in total. The van der Waals surface area contributed by atoms with Gasteiger partial charge in [0.15, 0.2) is 0 Å². The highest BCUT2D eigenvalue weighted by atomic mass is 19.1. The molecule has 1 aliphatic rings. The van der Waals surface area contributed by atoms with Crippen LogP contribution in [0.3, 0.4) is 0 Å². The lowest BCUT2D eigenvalue weighted by Crippen LogP contribution is -2.40. The van der Waals surface area contributed by atoms with E-state index in [1.165, 1.54) is 6.07 Å². The summed E-state index contributed by atoms with van der Waals surface area (Å²) in [6.45, 7) is 1.63. The molecule has 1 saturated carbocycles. The molecule has 4 heteroatoms. The van der Waals surface area contributed by atoms with Crippen LogP contribution in [0.1, 0.15) is 24.8 Å². The van der Waals surface area contributed by atoms with E-state index in [0.29, 0.717) is 18.4 Å². The van der Waals surface area contributed by atoms with E-state index in [1.807, 2.05) is 6.07 Å². The minimum atomic E-state index is -0.948. The molecule has 0 aliphatic heterocycles. The van der Waals surface area contributed by atoms with Crippen molar-refractivity contribution >= 4 is 11.6 Å². The van der Waals surface area contributed by atoms with Crippen molar-refractivity contribution < 1.29 is 9.18 Å². The monoisotopic (exact) mass is 232 g/mol. The molecule has 0 spiro atoms. The topological polar surface area (TPSA) is 52.9 Å². The summed E-state index contributed by atoms with van der Waals surface area (Å²) >= 11 is 0. The van der Waals surface area contributed by atoms with Gasteiger partial charge in [0, 0.05) is 0 Å². The molecule has 1 aromatic rings. The van der Waals surface area contributed by atoms with Crippen LogP contribution >= 0.6 is 0 Å². The number of anilines is 1. The molecule has 1 N–H and O–H groups in total. The molecule has 0 heterocycles. The standard InChI is InChI=1S/C13H13FN2O/c1-9-4-2-5-10(11(9)14)16-12(17)13(8-15)6-3-7-13/h2,4-5H,3,6-7H2,1H3,(H,16,17). The molecular weight excluding hydrogens is 219 g/mol. The molecule has 0 bridgehead atoms. The normalized spacial score (nSPS) is 16.8. The van der Waals surface area contributed by atoms with Crippen LogP contribution < -0.4 is 5.32 Å². The fourth-order valence-corrected chi connectivity index (χ4v) is 1.91. The number of carbonyl (C=O) groups is 1. The molecular formula is C13H13FN2O. The fourth-order valence-electron chi connectivity index (χ4n) is 1.91. The summed E-state index contributed by atoms with van der Waals surface area (Å²) in [5, 5.41) is 11.5. The molecule has 0 unspecified atom stereocenters. The van der Waals surface area contributed by atoms with Gasteiger partial charge >= 0.3 is 0 Å². The van der Waals surface area contributed by atoms with E-state index in [9.17, 15) is 9.18 Å².